The van der Waals surface area contributed by atoms with Crippen LogP contribution >= 0.6 is 0 Å². The molecule has 0 saturated carbocycles. The molecule has 0 spiro atoms. The highest BCUT2D eigenvalue weighted by molar-refractivity contribution is 6.02. The van der Waals surface area contributed by atoms with E-state index in [4.69, 9.17) is 15.0 Å². The van der Waals surface area contributed by atoms with Gasteiger partial charge in [-0.15, -0.1) is 0 Å². The fourth-order valence-electron chi connectivity index (χ4n) is 7.82. The molecule has 6 aromatic carbocycles. The fraction of sp³-hybridized carbons (Fsp3) is 0.109. The Morgan fingerprint density at radius 1 is 0.531 bits per heavy atom. The Morgan fingerprint density at radius 3 is 1.88 bits per heavy atom. The van der Waals surface area contributed by atoms with Crippen molar-refractivity contribution >= 4 is 16.3 Å². The minimum atomic E-state index is -0.0109. The van der Waals surface area contributed by atoms with Crippen molar-refractivity contribution in [1.82, 2.24) is 15.0 Å². The molecule has 0 N–H and O–H groups in total. The molecular weight excluding hydrogens is 595 g/mol. The van der Waals surface area contributed by atoms with Gasteiger partial charge in [0.25, 0.3) is 0 Å². The summed E-state index contributed by atoms with van der Waals surface area (Å²) in [5.41, 5.74) is 12.3. The lowest BCUT2D eigenvalue weighted by Crippen LogP contribution is -2.15. The second-order valence-corrected chi connectivity index (χ2v) is 13.5. The van der Waals surface area contributed by atoms with Crippen LogP contribution in [0.5, 0.6) is 0 Å². The van der Waals surface area contributed by atoms with Crippen molar-refractivity contribution in [3.8, 4) is 45.3 Å². The zero-order valence-electron chi connectivity index (χ0n) is 27.6. The molecule has 0 saturated heterocycles. The smallest absolute Gasteiger partial charge is 0.165 e. The average molecular weight is 630 g/mol. The molecule has 7 aromatic rings. The number of fused-ring (bicyclic) bond motifs is 4. The summed E-state index contributed by atoms with van der Waals surface area (Å²) in [4.78, 5) is 15.3. The van der Waals surface area contributed by atoms with Crippen LogP contribution in [0.2, 0.25) is 0 Å². The lowest BCUT2D eigenvalue weighted by molar-refractivity contribution is 0.659. The van der Waals surface area contributed by atoms with Crippen LogP contribution in [0.4, 0.5) is 0 Å². The summed E-state index contributed by atoms with van der Waals surface area (Å²) in [6, 6.07) is 49.2. The van der Waals surface area contributed by atoms with E-state index < -0.39 is 0 Å². The molecule has 0 radical (unpaired) electrons. The van der Waals surface area contributed by atoms with E-state index in [-0.39, 0.29) is 11.3 Å². The Hall–Kier alpha value is -5.93. The molecule has 1 aromatic heterocycles. The summed E-state index contributed by atoms with van der Waals surface area (Å²) in [7, 11) is 0. The molecule has 0 bridgehead atoms. The number of allylic oxidation sites excluding steroid dienone is 4. The van der Waals surface area contributed by atoms with Crippen molar-refractivity contribution in [3.05, 3.63) is 180 Å². The molecule has 0 amide bonds. The van der Waals surface area contributed by atoms with Crippen LogP contribution < -0.4 is 0 Å². The standard InChI is InChI=1S/C46H35N3/c1-46(2)39-22-12-11-20-38(39)41-35(21-13-23-40(41)46)31-24-26-32(27-25-31)37-29-28-30-14-9-10-19-36(30)42(37)45-48-43(33-15-5-3-6-16-33)47-44(49-45)34-17-7-4-8-18-34/h3-24,26-29,31H,25H2,1-2H3. The molecule has 2 aliphatic carbocycles. The molecule has 3 heteroatoms. The Kier molecular flexibility index (Phi) is 6.94. The van der Waals surface area contributed by atoms with E-state index in [0.717, 1.165) is 39.4 Å². The van der Waals surface area contributed by atoms with E-state index in [0.29, 0.717) is 17.5 Å². The van der Waals surface area contributed by atoms with Gasteiger partial charge in [0, 0.05) is 28.0 Å². The summed E-state index contributed by atoms with van der Waals surface area (Å²) >= 11 is 0. The molecule has 234 valence electrons. The highest BCUT2D eigenvalue weighted by Gasteiger charge is 2.37. The second kappa shape index (κ2) is 11.6. The third-order valence-corrected chi connectivity index (χ3v) is 10.3. The molecule has 0 fully saturated rings. The monoisotopic (exact) mass is 629 g/mol. The zero-order chi connectivity index (χ0) is 33.0. The zero-order valence-corrected chi connectivity index (χ0v) is 27.6. The Morgan fingerprint density at radius 2 is 1.16 bits per heavy atom. The number of rotatable bonds is 5. The van der Waals surface area contributed by atoms with Crippen molar-refractivity contribution < 1.29 is 0 Å². The molecule has 49 heavy (non-hydrogen) atoms. The Bertz CT molecular complexity index is 2380. The lowest BCUT2D eigenvalue weighted by Gasteiger charge is -2.24. The van der Waals surface area contributed by atoms with Crippen LogP contribution in [-0.2, 0) is 5.41 Å². The van der Waals surface area contributed by atoms with E-state index in [1.807, 2.05) is 36.4 Å². The summed E-state index contributed by atoms with van der Waals surface area (Å²) in [5.74, 6) is 2.29. The maximum absolute atomic E-state index is 5.17. The lowest BCUT2D eigenvalue weighted by atomic mass is 9.80. The second-order valence-electron chi connectivity index (χ2n) is 13.5. The Balaban J connectivity index is 1.17. The van der Waals surface area contributed by atoms with Gasteiger partial charge < -0.3 is 0 Å². The molecule has 3 nitrogen and oxygen atoms in total. The number of aromatic nitrogens is 3. The van der Waals surface area contributed by atoms with E-state index in [1.54, 1.807) is 0 Å². The van der Waals surface area contributed by atoms with Crippen LogP contribution in [0, 0.1) is 0 Å². The number of benzene rings is 6. The van der Waals surface area contributed by atoms with Crippen LogP contribution in [-0.4, -0.2) is 15.0 Å². The van der Waals surface area contributed by atoms with Gasteiger partial charge in [-0.2, -0.15) is 0 Å². The maximum atomic E-state index is 5.17. The van der Waals surface area contributed by atoms with Crippen molar-refractivity contribution in [2.24, 2.45) is 0 Å². The van der Waals surface area contributed by atoms with Crippen molar-refractivity contribution in [3.63, 3.8) is 0 Å². The molecule has 1 heterocycles. The first-order valence-corrected chi connectivity index (χ1v) is 17.1. The van der Waals surface area contributed by atoms with Crippen molar-refractivity contribution in [2.75, 3.05) is 0 Å². The predicted octanol–water partition coefficient (Wildman–Crippen LogP) is 11.5. The highest BCUT2D eigenvalue weighted by Crippen LogP contribution is 2.52. The van der Waals surface area contributed by atoms with Gasteiger partial charge in [0.1, 0.15) is 0 Å². The third-order valence-electron chi connectivity index (χ3n) is 10.3. The minimum Gasteiger partial charge on any atom is -0.208 e. The quantitative estimate of drug-likeness (QED) is 0.190. The molecular formula is C46H35N3. The fourth-order valence-corrected chi connectivity index (χ4v) is 7.82. The predicted molar refractivity (Wildman–Crippen MR) is 202 cm³/mol. The number of nitrogens with zero attached hydrogens (tertiary/aromatic N) is 3. The van der Waals surface area contributed by atoms with E-state index >= 15 is 0 Å². The minimum absolute atomic E-state index is 0.0109. The SMILES string of the molecule is CC1(C)c2ccccc2-c2c(C3C=CC(c4ccc5ccccc5c4-c4nc(-c5ccccc5)nc(-c5ccccc5)n4)=CC3)cccc21. The average Bonchev–Trinajstić information content (AvgIpc) is 3.41. The number of hydrogen-bond donors (Lipinski definition) is 0. The molecule has 9 rings (SSSR count). The van der Waals surface area contributed by atoms with Gasteiger partial charge >= 0.3 is 0 Å². The van der Waals surface area contributed by atoms with Crippen molar-refractivity contribution in [1.29, 1.82) is 0 Å². The molecule has 2 aliphatic rings. The van der Waals surface area contributed by atoms with E-state index in [1.165, 1.54) is 33.4 Å². The molecule has 1 atom stereocenters. The summed E-state index contributed by atoms with van der Waals surface area (Å²) in [5, 5.41) is 2.28. The van der Waals surface area contributed by atoms with Crippen LogP contribution in [0.1, 0.15) is 48.4 Å². The van der Waals surface area contributed by atoms with Gasteiger partial charge in [0.15, 0.2) is 17.5 Å². The van der Waals surface area contributed by atoms with E-state index in [9.17, 15) is 0 Å². The van der Waals surface area contributed by atoms with Gasteiger partial charge in [-0.05, 0) is 56.1 Å². The van der Waals surface area contributed by atoms with Gasteiger partial charge in [-0.1, -0.05) is 172 Å². The summed E-state index contributed by atoms with van der Waals surface area (Å²) in [6.45, 7) is 4.70. The largest absolute Gasteiger partial charge is 0.208 e. The first-order valence-electron chi connectivity index (χ1n) is 17.1. The summed E-state index contributed by atoms with van der Waals surface area (Å²) in [6.07, 6.45) is 8.03. The first-order chi connectivity index (χ1) is 24.1. The van der Waals surface area contributed by atoms with Gasteiger partial charge in [0.2, 0.25) is 0 Å². The molecule has 1 unspecified atom stereocenters. The van der Waals surface area contributed by atoms with Gasteiger partial charge in [-0.3, -0.25) is 0 Å². The highest BCUT2D eigenvalue weighted by atomic mass is 15.0. The van der Waals surface area contributed by atoms with Gasteiger partial charge in [-0.25, -0.2) is 15.0 Å². The number of hydrogen-bond acceptors (Lipinski definition) is 3. The van der Waals surface area contributed by atoms with Crippen LogP contribution in [0.25, 0.3) is 61.6 Å². The van der Waals surface area contributed by atoms with Crippen molar-refractivity contribution in [2.45, 2.75) is 31.6 Å². The first kappa shape index (κ1) is 29.2. The Labute approximate surface area is 287 Å². The molecule has 0 aliphatic heterocycles. The van der Waals surface area contributed by atoms with Crippen LogP contribution in [0.3, 0.4) is 0 Å². The van der Waals surface area contributed by atoms with Gasteiger partial charge in [0.05, 0.1) is 0 Å². The normalized spacial score (nSPS) is 15.9. The van der Waals surface area contributed by atoms with E-state index in [2.05, 4.69) is 135 Å². The summed E-state index contributed by atoms with van der Waals surface area (Å²) < 4.78 is 0. The van der Waals surface area contributed by atoms with Crippen LogP contribution in [0.15, 0.2) is 158 Å². The topological polar surface area (TPSA) is 38.7 Å². The maximum Gasteiger partial charge on any atom is 0.165 e. The third kappa shape index (κ3) is 4.93.